The predicted molar refractivity (Wildman–Crippen MR) is 58.4 cm³/mol. The number of fused-ring (bicyclic) bond motifs is 1. The Morgan fingerprint density at radius 3 is 3.00 bits per heavy atom. The lowest BCUT2D eigenvalue weighted by molar-refractivity contribution is 0.0694. The summed E-state index contributed by atoms with van der Waals surface area (Å²) in [4.78, 5) is 13.0. The standard InChI is InChI=1S/C12H14FNO2/c13-5-7-14-6-4-10-9(8-14)2-1-3-11(10)12(15)16/h1-3H,4-8H2,(H,15,16). The molecule has 1 heterocycles. The SMILES string of the molecule is O=C(O)c1cccc2c1CCN(CCF)C2. The molecule has 0 aromatic heterocycles. The van der Waals surface area contributed by atoms with Crippen molar-refractivity contribution in [3.8, 4) is 0 Å². The summed E-state index contributed by atoms with van der Waals surface area (Å²) < 4.78 is 12.2. The number of carboxylic acids is 1. The monoisotopic (exact) mass is 223 g/mol. The Morgan fingerprint density at radius 2 is 2.31 bits per heavy atom. The highest BCUT2D eigenvalue weighted by Gasteiger charge is 2.20. The van der Waals surface area contributed by atoms with Crippen molar-refractivity contribution in [2.24, 2.45) is 0 Å². The fourth-order valence-corrected chi connectivity index (χ4v) is 2.18. The minimum atomic E-state index is -0.879. The Labute approximate surface area is 93.5 Å². The van der Waals surface area contributed by atoms with Crippen LogP contribution in [-0.4, -0.2) is 35.7 Å². The molecule has 1 N–H and O–H groups in total. The van der Waals surface area contributed by atoms with Gasteiger partial charge in [-0.3, -0.25) is 4.90 Å². The number of aromatic carboxylic acids is 1. The number of hydrogen-bond donors (Lipinski definition) is 1. The van der Waals surface area contributed by atoms with E-state index in [1.807, 2.05) is 11.0 Å². The first-order valence-electron chi connectivity index (χ1n) is 5.34. The van der Waals surface area contributed by atoms with E-state index in [-0.39, 0.29) is 6.67 Å². The van der Waals surface area contributed by atoms with Gasteiger partial charge in [0.2, 0.25) is 0 Å². The van der Waals surface area contributed by atoms with Gasteiger partial charge >= 0.3 is 5.97 Å². The fraction of sp³-hybridized carbons (Fsp3) is 0.417. The lowest BCUT2D eigenvalue weighted by atomic mass is 9.94. The number of nitrogens with zero attached hydrogens (tertiary/aromatic N) is 1. The highest BCUT2D eigenvalue weighted by molar-refractivity contribution is 5.89. The molecule has 0 radical (unpaired) electrons. The molecular weight excluding hydrogens is 209 g/mol. The van der Waals surface area contributed by atoms with E-state index in [0.717, 1.165) is 17.7 Å². The summed E-state index contributed by atoms with van der Waals surface area (Å²) in [5.74, 6) is -0.879. The van der Waals surface area contributed by atoms with Gasteiger partial charge in [-0.2, -0.15) is 0 Å². The smallest absolute Gasteiger partial charge is 0.335 e. The van der Waals surface area contributed by atoms with E-state index in [1.165, 1.54) is 0 Å². The minimum Gasteiger partial charge on any atom is -0.478 e. The van der Waals surface area contributed by atoms with Crippen LogP contribution in [0.15, 0.2) is 18.2 Å². The molecule has 0 fully saturated rings. The number of carboxylic acid groups (broad SMARTS) is 1. The minimum absolute atomic E-state index is 0.353. The quantitative estimate of drug-likeness (QED) is 0.848. The molecular formula is C12H14FNO2. The molecule has 1 aromatic carbocycles. The van der Waals surface area contributed by atoms with E-state index >= 15 is 0 Å². The molecule has 0 unspecified atom stereocenters. The number of benzene rings is 1. The number of halogens is 1. The van der Waals surface area contributed by atoms with E-state index < -0.39 is 5.97 Å². The van der Waals surface area contributed by atoms with Crippen molar-refractivity contribution in [2.75, 3.05) is 19.8 Å². The normalized spacial score (nSPS) is 15.8. The lowest BCUT2D eigenvalue weighted by Crippen LogP contribution is -2.33. The van der Waals surface area contributed by atoms with Crippen molar-refractivity contribution in [1.29, 1.82) is 0 Å². The van der Waals surface area contributed by atoms with Gasteiger partial charge in [0.25, 0.3) is 0 Å². The molecule has 0 spiro atoms. The molecule has 1 aliphatic rings. The zero-order valence-electron chi connectivity index (χ0n) is 8.95. The van der Waals surface area contributed by atoms with Gasteiger partial charge in [-0.1, -0.05) is 12.1 Å². The summed E-state index contributed by atoms with van der Waals surface area (Å²) in [5.41, 5.74) is 2.31. The van der Waals surface area contributed by atoms with Crippen LogP contribution in [0.1, 0.15) is 21.5 Å². The molecule has 0 saturated carbocycles. The molecule has 86 valence electrons. The molecule has 1 aliphatic heterocycles. The van der Waals surface area contributed by atoms with Gasteiger partial charge in [-0.15, -0.1) is 0 Å². The average Bonchev–Trinajstić information content (AvgIpc) is 2.28. The van der Waals surface area contributed by atoms with Crippen LogP contribution in [0.3, 0.4) is 0 Å². The summed E-state index contributed by atoms with van der Waals surface area (Å²) in [6, 6.07) is 5.30. The van der Waals surface area contributed by atoms with Crippen molar-refractivity contribution in [1.82, 2.24) is 4.90 Å². The Balaban J connectivity index is 2.27. The first kappa shape index (κ1) is 11.1. The molecule has 0 atom stereocenters. The zero-order chi connectivity index (χ0) is 11.5. The van der Waals surface area contributed by atoms with Gasteiger partial charge < -0.3 is 5.11 Å². The van der Waals surface area contributed by atoms with E-state index in [0.29, 0.717) is 25.1 Å². The first-order chi connectivity index (χ1) is 7.72. The van der Waals surface area contributed by atoms with Crippen molar-refractivity contribution < 1.29 is 14.3 Å². The maximum Gasteiger partial charge on any atom is 0.335 e. The lowest BCUT2D eigenvalue weighted by Gasteiger charge is -2.28. The van der Waals surface area contributed by atoms with Crippen LogP contribution in [0, 0.1) is 0 Å². The van der Waals surface area contributed by atoms with Crippen LogP contribution < -0.4 is 0 Å². The third kappa shape index (κ3) is 2.07. The highest BCUT2D eigenvalue weighted by Crippen LogP contribution is 2.22. The third-order valence-corrected chi connectivity index (χ3v) is 2.98. The fourth-order valence-electron chi connectivity index (χ4n) is 2.18. The van der Waals surface area contributed by atoms with Crippen molar-refractivity contribution in [3.05, 3.63) is 34.9 Å². The predicted octanol–water partition coefficient (Wildman–Crippen LogP) is 1.71. The maximum atomic E-state index is 12.2. The van der Waals surface area contributed by atoms with Crippen LogP contribution >= 0.6 is 0 Å². The summed E-state index contributed by atoms with van der Waals surface area (Å²) in [7, 11) is 0. The van der Waals surface area contributed by atoms with Gasteiger partial charge in [-0.05, 0) is 23.6 Å². The van der Waals surface area contributed by atoms with Crippen LogP contribution in [0.4, 0.5) is 4.39 Å². The summed E-state index contributed by atoms with van der Waals surface area (Å²) in [6.07, 6.45) is 0.692. The Bertz CT molecular complexity index is 406. The van der Waals surface area contributed by atoms with Crippen LogP contribution in [0.5, 0.6) is 0 Å². The number of rotatable bonds is 3. The van der Waals surface area contributed by atoms with Crippen molar-refractivity contribution >= 4 is 5.97 Å². The number of hydrogen-bond acceptors (Lipinski definition) is 2. The number of carbonyl (C=O) groups is 1. The average molecular weight is 223 g/mol. The van der Waals surface area contributed by atoms with E-state index in [9.17, 15) is 9.18 Å². The van der Waals surface area contributed by atoms with Crippen LogP contribution in [-0.2, 0) is 13.0 Å². The second-order valence-electron chi connectivity index (χ2n) is 3.96. The molecule has 3 nitrogen and oxygen atoms in total. The second-order valence-corrected chi connectivity index (χ2v) is 3.96. The van der Waals surface area contributed by atoms with Gasteiger partial charge in [0.1, 0.15) is 6.67 Å². The van der Waals surface area contributed by atoms with Crippen LogP contribution in [0.2, 0.25) is 0 Å². The second kappa shape index (κ2) is 4.61. The summed E-state index contributed by atoms with van der Waals surface area (Å²) >= 11 is 0. The Morgan fingerprint density at radius 1 is 1.50 bits per heavy atom. The largest absolute Gasteiger partial charge is 0.478 e. The molecule has 4 heteroatoms. The molecule has 0 bridgehead atoms. The molecule has 16 heavy (non-hydrogen) atoms. The Kier molecular flexibility index (Phi) is 3.19. The van der Waals surface area contributed by atoms with Gasteiger partial charge in [0.05, 0.1) is 5.56 Å². The van der Waals surface area contributed by atoms with Gasteiger partial charge in [0.15, 0.2) is 0 Å². The topological polar surface area (TPSA) is 40.5 Å². The van der Waals surface area contributed by atoms with Crippen molar-refractivity contribution in [2.45, 2.75) is 13.0 Å². The van der Waals surface area contributed by atoms with Crippen molar-refractivity contribution in [3.63, 3.8) is 0 Å². The van der Waals surface area contributed by atoms with E-state index in [2.05, 4.69) is 0 Å². The molecule has 1 aromatic rings. The third-order valence-electron chi connectivity index (χ3n) is 2.98. The summed E-state index contributed by atoms with van der Waals surface area (Å²) in [5, 5.41) is 9.04. The van der Waals surface area contributed by atoms with Crippen LogP contribution in [0.25, 0.3) is 0 Å². The highest BCUT2D eigenvalue weighted by atomic mass is 19.1. The zero-order valence-corrected chi connectivity index (χ0v) is 8.95. The molecule has 2 rings (SSSR count). The summed E-state index contributed by atoms with van der Waals surface area (Å²) in [6.45, 7) is 1.46. The van der Waals surface area contributed by atoms with Gasteiger partial charge in [-0.25, -0.2) is 9.18 Å². The Hall–Kier alpha value is -1.42. The number of alkyl halides is 1. The molecule has 0 saturated heterocycles. The molecule has 0 amide bonds. The first-order valence-corrected chi connectivity index (χ1v) is 5.34. The maximum absolute atomic E-state index is 12.2. The molecule has 0 aliphatic carbocycles. The van der Waals surface area contributed by atoms with E-state index in [4.69, 9.17) is 5.11 Å². The van der Waals surface area contributed by atoms with E-state index in [1.54, 1.807) is 12.1 Å². The van der Waals surface area contributed by atoms with Gasteiger partial charge in [0, 0.05) is 19.6 Å².